The van der Waals surface area contributed by atoms with Gasteiger partial charge in [0.1, 0.15) is 11.0 Å². The summed E-state index contributed by atoms with van der Waals surface area (Å²) in [6.07, 6.45) is 7.11. The fourth-order valence-corrected chi connectivity index (χ4v) is 2.01. The van der Waals surface area contributed by atoms with Crippen molar-refractivity contribution in [2.75, 3.05) is 25.1 Å². The number of anilines is 1. The van der Waals surface area contributed by atoms with Crippen LogP contribution < -0.4 is 4.90 Å². The minimum Gasteiger partial charge on any atom is -0.376 e. The first kappa shape index (κ1) is 11.6. The van der Waals surface area contributed by atoms with Gasteiger partial charge in [-0.05, 0) is 19.3 Å². The Morgan fingerprint density at radius 2 is 2.38 bits per heavy atom. The second-order valence-corrected chi connectivity index (χ2v) is 4.46. The first-order chi connectivity index (χ1) is 7.75. The molecule has 0 bridgehead atoms. The Bertz CT molecular complexity index is 342. The molecule has 1 atom stereocenters. The number of hydrogen-bond acceptors (Lipinski definition) is 4. The molecular formula is C11H16ClN3O. The van der Waals surface area contributed by atoms with E-state index < -0.39 is 0 Å². The normalized spacial score (nSPS) is 20.8. The van der Waals surface area contributed by atoms with Crippen molar-refractivity contribution >= 4 is 17.4 Å². The van der Waals surface area contributed by atoms with Crippen LogP contribution in [0.25, 0.3) is 0 Å². The molecule has 2 heterocycles. The predicted molar refractivity (Wildman–Crippen MR) is 63.9 cm³/mol. The van der Waals surface area contributed by atoms with Crippen LogP contribution in [0.5, 0.6) is 0 Å². The van der Waals surface area contributed by atoms with Gasteiger partial charge >= 0.3 is 0 Å². The molecule has 4 nitrogen and oxygen atoms in total. The summed E-state index contributed by atoms with van der Waals surface area (Å²) < 4.78 is 5.68. The van der Waals surface area contributed by atoms with E-state index in [1.54, 1.807) is 6.20 Å². The molecule has 0 spiro atoms. The lowest BCUT2D eigenvalue weighted by molar-refractivity contribution is 0.0215. The minimum atomic E-state index is 0.305. The van der Waals surface area contributed by atoms with Crippen LogP contribution >= 0.6 is 11.6 Å². The highest BCUT2D eigenvalue weighted by Crippen LogP contribution is 2.16. The lowest BCUT2D eigenvalue weighted by Gasteiger charge is -2.27. The third-order valence-corrected chi connectivity index (χ3v) is 2.92. The molecule has 0 amide bonds. The predicted octanol–water partition coefficient (Wildman–Crippen LogP) is 2.14. The third-order valence-electron chi connectivity index (χ3n) is 2.74. The number of aromatic nitrogens is 2. The molecule has 5 heteroatoms. The Hall–Kier alpha value is -0.870. The van der Waals surface area contributed by atoms with Crippen LogP contribution in [0.1, 0.15) is 19.3 Å². The molecule has 1 aliphatic rings. The van der Waals surface area contributed by atoms with E-state index in [0.717, 1.165) is 25.4 Å². The van der Waals surface area contributed by atoms with E-state index in [1.807, 2.05) is 11.9 Å². The lowest BCUT2D eigenvalue weighted by atomic mass is 10.1. The van der Waals surface area contributed by atoms with Crippen molar-refractivity contribution in [2.24, 2.45) is 0 Å². The molecular weight excluding hydrogens is 226 g/mol. The molecule has 16 heavy (non-hydrogen) atoms. The molecule has 1 aromatic heterocycles. The van der Waals surface area contributed by atoms with Gasteiger partial charge in [0.25, 0.3) is 0 Å². The lowest BCUT2D eigenvalue weighted by Crippen LogP contribution is -2.33. The van der Waals surface area contributed by atoms with E-state index in [9.17, 15) is 0 Å². The molecule has 2 rings (SSSR count). The average Bonchev–Trinajstić information content (AvgIpc) is 2.30. The van der Waals surface area contributed by atoms with Crippen molar-refractivity contribution in [2.45, 2.75) is 25.4 Å². The summed E-state index contributed by atoms with van der Waals surface area (Å²) in [6.45, 7) is 1.72. The van der Waals surface area contributed by atoms with Gasteiger partial charge in [-0.15, -0.1) is 0 Å². The average molecular weight is 242 g/mol. The quantitative estimate of drug-likeness (QED) is 0.813. The van der Waals surface area contributed by atoms with E-state index >= 15 is 0 Å². The van der Waals surface area contributed by atoms with Crippen molar-refractivity contribution < 1.29 is 4.74 Å². The molecule has 1 aliphatic heterocycles. The highest BCUT2D eigenvalue weighted by molar-refractivity contribution is 6.29. The van der Waals surface area contributed by atoms with Gasteiger partial charge < -0.3 is 9.64 Å². The number of hydrogen-bond donors (Lipinski definition) is 0. The van der Waals surface area contributed by atoms with Crippen molar-refractivity contribution in [3.63, 3.8) is 0 Å². The van der Waals surface area contributed by atoms with E-state index in [-0.39, 0.29) is 0 Å². The van der Waals surface area contributed by atoms with Crippen LogP contribution in [0.4, 0.5) is 5.82 Å². The molecule has 88 valence electrons. The van der Waals surface area contributed by atoms with Crippen molar-refractivity contribution in [3.8, 4) is 0 Å². The maximum atomic E-state index is 5.80. The molecule has 0 saturated carbocycles. The Morgan fingerprint density at radius 1 is 1.50 bits per heavy atom. The first-order valence-electron chi connectivity index (χ1n) is 5.56. The molecule has 1 aromatic rings. The zero-order valence-corrected chi connectivity index (χ0v) is 10.2. The molecule has 1 unspecified atom stereocenters. The van der Waals surface area contributed by atoms with Crippen LogP contribution in [-0.2, 0) is 4.74 Å². The molecule has 1 fully saturated rings. The van der Waals surface area contributed by atoms with Crippen LogP contribution in [0.3, 0.4) is 0 Å². The third kappa shape index (κ3) is 3.06. The highest BCUT2D eigenvalue weighted by atomic mass is 35.5. The van der Waals surface area contributed by atoms with Gasteiger partial charge in [0.2, 0.25) is 0 Å². The van der Waals surface area contributed by atoms with Crippen molar-refractivity contribution in [1.29, 1.82) is 0 Å². The number of likely N-dealkylation sites (N-methyl/N-ethyl adjacent to an activating group) is 1. The first-order valence-corrected chi connectivity index (χ1v) is 5.94. The summed E-state index contributed by atoms with van der Waals surface area (Å²) in [4.78, 5) is 10.3. The largest absolute Gasteiger partial charge is 0.376 e. The van der Waals surface area contributed by atoms with E-state index in [4.69, 9.17) is 16.3 Å². The SMILES string of the molecule is CN(CC1CCCCO1)c1cncc(Cl)n1. The number of rotatable bonds is 3. The highest BCUT2D eigenvalue weighted by Gasteiger charge is 2.16. The summed E-state index contributed by atoms with van der Waals surface area (Å²) in [7, 11) is 1.98. The number of halogens is 1. The molecule has 0 aliphatic carbocycles. The van der Waals surface area contributed by atoms with Gasteiger partial charge in [0.05, 0.1) is 18.5 Å². The summed E-state index contributed by atoms with van der Waals surface area (Å²) in [6, 6.07) is 0. The minimum absolute atomic E-state index is 0.305. The monoisotopic (exact) mass is 241 g/mol. The van der Waals surface area contributed by atoms with Gasteiger partial charge in [-0.2, -0.15) is 0 Å². The van der Waals surface area contributed by atoms with Crippen LogP contribution in [0.2, 0.25) is 5.15 Å². The number of nitrogens with zero attached hydrogens (tertiary/aromatic N) is 3. The molecule has 0 N–H and O–H groups in total. The molecule has 0 radical (unpaired) electrons. The Kier molecular flexibility index (Phi) is 3.96. The van der Waals surface area contributed by atoms with Gasteiger partial charge in [0.15, 0.2) is 0 Å². The van der Waals surface area contributed by atoms with Gasteiger partial charge in [-0.1, -0.05) is 11.6 Å². The van der Waals surface area contributed by atoms with E-state index in [0.29, 0.717) is 11.3 Å². The van der Waals surface area contributed by atoms with Crippen molar-refractivity contribution in [3.05, 3.63) is 17.5 Å². The fraction of sp³-hybridized carbons (Fsp3) is 0.636. The van der Waals surface area contributed by atoms with E-state index in [1.165, 1.54) is 19.0 Å². The summed E-state index contributed by atoms with van der Waals surface area (Å²) >= 11 is 5.80. The van der Waals surface area contributed by atoms with Gasteiger partial charge in [0, 0.05) is 20.2 Å². The summed E-state index contributed by atoms with van der Waals surface area (Å²) in [5.74, 6) is 0.793. The molecule has 1 saturated heterocycles. The van der Waals surface area contributed by atoms with Gasteiger partial charge in [-0.3, -0.25) is 4.98 Å². The Morgan fingerprint density at radius 3 is 3.06 bits per heavy atom. The second kappa shape index (κ2) is 5.46. The van der Waals surface area contributed by atoms with Crippen LogP contribution in [-0.4, -0.2) is 36.3 Å². The Balaban J connectivity index is 1.94. The zero-order valence-electron chi connectivity index (χ0n) is 9.40. The van der Waals surface area contributed by atoms with Gasteiger partial charge in [-0.25, -0.2) is 4.98 Å². The summed E-state index contributed by atoms with van der Waals surface area (Å²) in [5.41, 5.74) is 0. The van der Waals surface area contributed by atoms with Crippen molar-refractivity contribution in [1.82, 2.24) is 9.97 Å². The Labute approximate surface area is 101 Å². The number of ether oxygens (including phenoxy) is 1. The van der Waals surface area contributed by atoms with Crippen LogP contribution in [0, 0.1) is 0 Å². The topological polar surface area (TPSA) is 38.2 Å². The summed E-state index contributed by atoms with van der Waals surface area (Å²) in [5, 5.41) is 0.425. The maximum absolute atomic E-state index is 5.80. The maximum Gasteiger partial charge on any atom is 0.149 e. The van der Waals surface area contributed by atoms with E-state index in [2.05, 4.69) is 9.97 Å². The fourth-order valence-electron chi connectivity index (χ4n) is 1.87. The van der Waals surface area contributed by atoms with Crippen LogP contribution in [0.15, 0.2) is 12.4 Å². The smallest absolute Gasteiger partial charge is 0.149 e. The second-order valence-electron chi connectivity index (χ2n) is 4.07. The zero-order chi connectivity index (χ0) is 11.4. The standard InChI is InChI=1S/C11H16ClN3O/c1-15(8-9-4-2-3-5-16-9)11-7-13-6-10(12)14-11/h6-7,9H,2-5,8H2,1H3. The molecule has 0 aromatic carbocycles.